The number of hydrogen-bond acceptors (Lipinski definition) is 3. The monoisotopic (exact) mass is 309 g/mol. The van der Waals surface area contributed by atoms with Gasteiger partial charge in [0.1, 0.15) is 0 Å². The van der Waals surface area contributed by atoms with Crippen LogP contribution in [0.25, 0.3) is 0 Å². The third-order valence-electron chi connectivity index (χ3n) is 3.11. The van der Waals surface area contributed by atoms with E-state index in [9.17, 15) is 0 Å². The smallest absolute Gasteiger partial charge is 0.166 e. The molecule has 5 heteroatoms. The fourth-order valence-corrected chi connectivity index (χ4v) is 2.12. The molecule has 0 spiro atoms. The van der Waals surface area contributed by atoms with Crippen LogP contribution in [0.2, 0.25) is 0 Å². The highest BCUT2D eigenvalue weighted by molar-refractivity contribution is 7.80. The molecule has 0 fully saturated rings. The van der Waals surface area contributed by atoms with Gasteiger partial charge in [-0.1, -0.05) is 18.2 Å². The van der Waals surface area contributed by atoms with Crippen molar-refractivity contribution in [3.8, 4) is 0 Å². The molecule has 0 saturated heterocycles. The molecule has 0 amide bonds. The van der Waals surface area contributed by atoms with Crippen molar-refractivity contribution in [3.63, 3.8) is 0 Å². The largest absolute Gasteiger partial charge is 0.382 e. The molecular formula is C16H27N3OS. The van der Waals surface area contributed by atoms with Gasteiger partial charge in [-0.15, -0.1) is 0 Å². The number of anilines is 1. The predicted molar refractivity (Wildman–Crippen MR) is 94.0 cm³/mol. The third-order valence-corrected chi connectivity index (χ3v) is 3.40. The quantitative estimate of drug-likeness (QED) is 0.513. The molecular weight excluding hydrogens is 282 g/mol. The lowest BCUT2D eigenvalue weighted by Crippen LogP contribution is -2.37. The first-order chi connectivity index (χ1) is 10.2. The van der Waals surface area contributed by atoms with Crippen molar-refractivity contribution in [1.82, 2.24) is 10.6 Å². The molecule has 1 aromatic rings. The summed E-state index contributed by atoms with van der Waals surface area (Å²) in [6.07, 6.45) is 2.03. The van der Waals surface area contributed by atoms with Gasteiger partial charge in [0.2, 0.25) is 0 Å². The van der Waals surface area contributed by atoms with E-state index in [2.05, 4.69) is 46.8 Å². The van der Waals surface area contributed by atoms with Gasteiger partial charge in [0.15, 0.2) is 5.11 Å². The molecule has 0 bridgehead atoms. The second-order valence-electron chi connectivity index (χ2n) is 4.84. The van der Waals surface area contributed by atoms with E-state index in [1.165, 1.54) is 5.69 Å². The third kappa shape index (κ3) is 8.52. The first-order valence-corrected chi connectivity index (χ1v) is 8.00. The molecule has 0 atom stereocenters. The van der Waals surface area contributed by atoms with Crippen LogP contribution in [0.4, 0.5) is 5.69 Å². The van der Waals surface area contributed by atoms with Crippen molar-refractivity contribution in [2.75, 3.05) is 44.8 Å². The molecule has 0 aliphatic carbocycles. The Morgan fingerprint density at radius 1 is 1.14 bits per heavy atom. The summed E-state index contributed by atoms with van der Waals surface area (Å²) in [4.78, 5) is 2.25. The van der Waals surface area contributed by atoms with Gasteiger partial charge >= 0.3 is 0 Å². The Hall–Kier alpha value is -1.33. The minimum atomic E-state index is 0.730. The normalized spacial score (nSPS) is 10.2. The summed E-state index contributed by atoms with van der Waals surface area (Å²) in [6, 6.07) is 10.4. The van der Waals surface area contributed by atoms with Crippen LogP contribution in [0, 0.1) is 0 Å². The van der Waals surface area contributed by atoms with Crippen molar-refractivity contribution in [2.24, 2.45) is 0 Å². The lowest BCUT2D eigenvalue weighted by molar-refractivity contribution is 0.145. The Kier molecular flexibility index (Phi) is 9.57. The summed E-state index contributed by atoms with van der Waals surface area (Å²) in [6.45, 7) is 6.31. The van der Waals surface area contributed by atoms with Crippen LogP contribution in [-0.2, 0) is 4.74 Å². The van der Waals surface area contributed by atoms with E-state index in [0.717, 1.165) is 50.8 Å². The Balaban J connectivity index is 2.02. The molecule has 0 aliphatic rings. The lowest BCUT2D eigenvalue weighted by Gasteiger charge is -2.19. The van der Waals surface area contributed by atoms with Crippen molar-refractivity contribution < 1.29 is 4.74 Å². The van der Waals surface area contributed by atoms with E-state index >= 15 is 0 Å². The topological polar surface area (TPSA) is 36.5 Å². The molecule has 1 rings (SSSR count). The first kappa shape index (κ1) is 17.7. The number of rotatable bonds is 10. The molecule has 0 heterocycles. The van der Waals surface area contributed by atoms with Crippen LogP contribution in [0.5, 0.6) is 0 Å². The number of ether oxygens (including phenoxy) is 1. The van der Waals surface area contributed by atoms with Crippen molar-refractivity contribution in [2.45, 2.75) is 19.8 Å². The number of benzene rings is 1. The van der Waals surface area contributed by atoms with Crippen LogP contribution >= 0.6 is 12.2 Å². The highest BCUT2D eigenvalue weighted by Gasteiger charge is 2.00. The predicted octanol–water partition coefficient (Wildman–Crippen LogP) is 2.40. The summed E-state index contributed by atoms with van der Waals surface area (Å²) < 4.78 is 5.27. The van der Waals surface area contributed by atoms with E-state index in [4.69, 9.17) is 17.0 Å². The van der Waals surface area contributed by atoms with Gasteiger partial charge in [-0.25, -0.2) is 0 Å². The Labute approximate surface area is 133 Å². The molecule has 0 saturated carbocycles. The van der Waals surface area contributed by atoms with Crippen LogP contribution in [-0.4, -0.2) is 45.0 Å². The average Bonchev–Trinajstić information content (AvgIpc) is 2.52. The molecule has 0 aliphatic heterocycles. The Morgan fingerprint density at radius 2 is 1.81 bits per heavy atom. The summed E-state index contributed by atoms with van der Waals surface area (Å²) in [5.41, 5.74) is 1.24. The van der Waals surface area contributed by atoms with E-state index < -0.39 is 0 Å². The average molecular weight is 309 g/mol. The Bertz CT molecular complexity index is 386. The van der Waals surface area contributed by atoms with Crippen LogP contribution in [0.15, 0.2) is 30.3 Å². The molecule has 118 valence electrons. The minimum Gasteiger partial charge on any atom is -0.382 e. The highest BCUT2D eigenvalue weighted by atomic mass is 32.1. The highest BCUT2D eigenvalue weighted by Crippen LogP contribution is 2.10. The van der Waals surface area contributed by atoms with Gasteiger partial charge in [0.25, 0.3) is 0 Å². The zero-order valence-corrected chi connectivity index (χ0v) is 13.9. The SMILES string of the molecule is CCOCCCNC(=S)NCCCN(C)c1ccccc1. The molecule has 0 radical (unpaired) electrons. The molecule has 0 aromatic heterocycles. The number of thiocarbonyl (C=S) groups is 1. The van der Waals surface area contributed by atoms with Gasteiger partial charge in [0, 0.05) is 45.6 Å². The van der Waals surface area contributed by atoms with Crippen molar-refractivity contribution >= 4 is 23.0 Å². The van der Waals surface area contributed by atoms with Gasteiger partial charge in [-0.05, 0) is 44.1 Å². The molecule has 2 N–H and O–H groups in total. The summed E-state index contributed by atoms with van der Waals surface area (Å²) in [5, 5.41) is 7.15. The van der Waals surface area contributed by atoms with E-state index in [-0.39, 0.29) is 0 Å². The second-order valence-corrected chi connectivity index (χ2v) is 5.25. The van der Waals surface area contributed by atoms with Gasteiger partial charge in [-0.2, -0.15) is 0 Å². The summed E-state index contributed by atoms with van der Waals surface area (Å²) in [5.74, 6) is 0. The fourth-order valence-electron chi connectivity index (χ4n) is 1.91. The molecule has 0 unspecified atom stereocenters. The van der Waals surface area contributed by atoms with E-state index in [1.807, 2.05) is 13.0 Å². The van der Waals surface area contributed by atoms with Crippen LogP contribution in [0.1, 0.15) is 19.8 Å². The lowest BCUT2D eigenvalue weighted by atomic mass is 10.3. The molecule has 1 aromatic carbocycles. The zero-order valence-electron chi connectivity index (χ0n) is 13.1. The number of nitrogens with zero attached hydrogens (tertiary/aromatic N) is 1. The maximum atomic E-state index is 5.27. The first-order valence-electron chi connectivity index (χ1n) is 7.59. The fraction of sp³-hybridized carbons (Fsp3) is 0.562. The molecule has 4 nitrogen and oxygen atoms in total. The summed E-state index contributed by atoms with van der Waals surface area (Å²) in [7, 11) is 2.11. The van der Waals surface area contributed by atoms with Gasteiger partial charge < -0.3 is 20.3 Å². The zero-order chi connectivity index (χ0) is 15.3. The maximum absolute atomic E-state index is 5.27. The van der Waals surface area contributed by atoms with Gasteiger partial charge in [0.05, 0.1) is 0 Å². The van der Waals surface area contributed by atoms with Gasteiger partial charge in [-0.3, -0.25) is 0 Å². The number of para-hydroxylation sites is 1. The molecule has 21 heavy (non-hydrogen) atoms. The van der Waals surface area contributed by atoms with Crippen LogP contribution in [0.3, 0.4) is 0 Å². The van der Waals surface area contributed by atoms with Crippen molar-refractivity contribution in [3.05, 3.63) is 30.3 Å². The number of nitrogens with one attached hydrogen (secondary N) is 2. The van der Waals surface area contributed by atoms with E-state index in [0.29, 0.717) is 0 Å². The standard InChI is InChI=1S/C16H27N3OS/c1-3-20-14-8-12-18-16(21)17-11-7-13-19(2)15-9-5-4-6-10-15/h4-6,9-10H,3,7-8,11-14H2,1-2H3,(H2,17,18,21). The minimum absolute atomic E-state index is 0.730. The second kappa shape index (κ2) is 11.3. The van der Waals surface area contributed by atoms with Crippen LogP contribution < -0.4 is 15.5 Å². The maximum Gasteiger partial charge on any atom is 0.166 e. The van der Waals surface area contributed by atoms with E-state index in [1.54, 1.807) is 0 Å². The number of hydrogen-bond donors (Lipinski definition) is 2. The Morgan fingerprint density at radius 3 is 2.48 bits per heavy atom. The summed E-state index contributed by atoms with van der Waals surface area (Å²) >= 11 is 5.23. The van der Waals surface area contributed by atoms with Crippen molar-refractivity contribution in [1.29, 1.82) is 0 Å².